The number of hydrogen-bond acceptors (Lipinski definition) is 3. The summed E-state index contributed by atoms with van der Waals surface area (Å²) in [5.41, 5.74) is 0.941. The number of amides is 1. The maximum Gasteiger partial charge on any atom is 0.299 e. The van der Waals surface area contributed by atoms with Crippen LogP contribution in [0.1, 0.15) is 24.2 Å². The molecule has 0 saturated carbocycles. The Kier molecular flexibility index (Phi) is 3.68. The predicted molar refractivity (Wildman–Crippen MR) is 71.3 cm³/mol. The Morgan fingerprint density at radius 3 is 2.72 bits per heavy atom. The van der Waals surface area contributed by atoms with Crippen LogP contribution in [0.5, 0.6) is 0 Å². The summed E-state index contributed by atoms with van der Waals surface area (Å²) >= 11 is 5.96. The summed E-state index contributed by atoms with van der Waals surface area (Å²) in [5, 5.41) is 3.55. The molecule has 5 heteroatoms. The van der Waals surface area contributed by atoms with Crippen LogP contribution < -0.4 is 10.2 Å². The zero-order valence-electron chi connectivity index (χ0n) is 10.4. The largest absolute Gasteiger partial charge is 0.313 e. The third-order valence-electron chi connectivity index (χ3n) is 2.84. The van der Waals surface area contributed by atoms with Crippen molar-refractivity contribution < 1.29 is 9.59 Å². The number of hydrogen-bond donors (Lipinski definition) is 1. The molecule has 18 heavy (non-hydrogen) atoms. The minimum absolute atomic E-state index is 0.328. The number of Topliss-reactive ketones (excluding diaryl/α,β-unsaturated/α-hetero) is 1. The second-order valence-corrected chi connectivity index (χ2v) is 4.94. The maximum absolute atomic E-state index is 11.9. The summed E-state index contributed by atoms with van der Waals surface area (Å²) < 4.78 is 0. The van der Waals surface area contributed by atoms with Crippen LogP contribution in [0, 0.1) is 0 Å². The van der Waals surface area contributed by atoms with Gasteiger partial charge in [-0.3, -0.25) is 9.59 Å². The van der Waals surface area contributed by atoms with E-state index in [4.69, 9.17) is 11.6 Å². The molecule has 0 unspecified atom stereocenters. The first-order chi connectivity index (χ1) is 8.52. The van der Waals surface area contributed by atoms with Crippen molar-refractivity contribution >= 4 is 29.0 Å². The molecule has 0 spiro atoms. The van der Waals surface area contributed by atoms with E-state index in [-0.39, 0.29) is 0 Å². The van der Waals surface area contributed by atoms with Crippen LogP contribution in [0.3, 0.4) is 0 Å². The number of ketones is 1. The van der Waals surface area contributed by atoms with Gasteiger partial charge in [0.05, 0.1) is 16.3 Å². The number of anilines is 1. The molecule has 1 aliphatic heterocycles. The average Bonchev–Trinajstić information content (AvgIpc) is 2.55. The maximum atomic E-state index is 11.9. The third-order valence-corrected chi connectivity index (χ3v) is 3.15. The van der Waals surface area contributed by atoms with E-state index in [0.29, 0.717) is 35.4 Å². The zero-order valence-corrected chi connectivity index (χ0v) is 11.1. The van der Waals surface area contributed by atoms with Crippen molar-refractivity contribution in [1.29, 1.82) is 0 Å². The molecule has 0 aromatic heterocycles. The first-order valence-electron chi connectivity index (χ1n) is 5.90. The molecule has 0 atom stereocenters. The minimum atomic E-state index is -0.514. The molecule has 0 aliphatic carbocycles. The third kappa shape index (κ3) is 2.26. The summed E-state index contributed by atoms with van der Waals surface area (Å²) in [7, 11) is 0. The normalized spacial score (nSPS) is 14.6. The van der Waals surface area contributed by atoms with E-state index in [0.717, 1.165) is 0 Å². The molecule has 1 amide bonds. The summed E-state index contributed by atoms with van der Waals surface area (Å²) in [6.45, 7) is 5.17. The number of nitrogens with one attached hydrogen (secondary N) is 1. The van der Waals surface area contributed by atoms with E-state index in [9.17, 15) is 9.59 Å². The summed E-state index contributed by atoms with van der Waals surface area (Å²) in [5.74, 6) is -1.01. The SMILES string of the molecule is CC(C)NCCN1C(=O)C(=O)c2c(Cl)cccc21. The highest BCUT2D eigenvalue weighted by atomic mass is 35.5. The lowest BCUT2D eigenvalue weighted by atomic mass is 10.1. The molecular weight excluding hydrogens is 252 g/mol. The van der Waals surface area contributed by atoms with E-state index >= 15 is 0 Å². The van der Waals surface area contributed by atoms with Gasteiger partial charge in [0, 0.05) is 19.1 Å². The van der Waals surface area contributed by atoms with Gasteiger partial charge < -0.3 is 10.2 Å². The second kappa shape index (κ2) is 5.08. The van der Waals surface area contributed by atoms with Gasteiger partial charge in [0.2, 0.25) is 0 Å². The number of carbonyl (C=O) groups is 2. The summed E-state index contributed by atoms with van der Waals surface area (Å²) in [4.78, 5) is 25.2. The first kappa shape index (κ1) is 13.1. The number of halogens is 1. The zero-order chi connectivity index (χ0) is 13.3. The van der Waals surface area contributed by atoms with Crippen LogP contribution in [-0.4, -0.2) is 30.8 Å². The van der Waals surface area contributed by atoms with Gasteiger partial charge in [0.1, 0.15) is 0 Å². The van der Waals surface area contributed by atoms with Gasteiger partial charge in [-0.25, -0.2) is 0 Å². The van der Waals surface area contributed by atoms with Crippen molar-refractivity contribution in [2.75, 3.05) is 18.0 Å². The lowest BCUT2D eigenvalue weighted by Crippen LogP contribution is -2.37. The van der Waals surface area contributed by atoms with Crippen LogP contribution in [0.4, 0.5) is 5.69 Å². The fraction of sp³-hybridized carbons (Fsp3) is 0.385. The van der Waals surface area contributed by atoms with E-state index < -0.39 is 11.7 Å². The van der Waals surface area contributed by atoms with Crippen LogP contribution in [-0.2, 0) is 4.79 Å². The van der Waals surface area contributed by atoms with Crippen LogP contribution in [0.25, 0.3) is 0 Å². The summed E-state index contributed by atoms with van der Waals surface area (Å²) in [6, 6.07) is 5.47. The monoisotopic (exact) mass is 266 g/mol. The van der Waals surface area contributed by atoms with Crippen molar-refractivity contribution in [3.05, 3.63) is 28.8 Å². The topological polar surface area (TPSA) is 49.4 Å². The van der Waals surface area contributed by atoms with Gasteiger partial charge in [-0.15, -0.1) is 0 Å². The molecule has 1 aromatic carbocycles. The van der Waals surface area contributed by atoms with E-state index in [1.807, 2.05) is 13.8 Å². The predicted octanol–water partition coefficient (Wildman–Crippen LogP) is 1.87. The minimum Gasteiger partial charge on any atom is -0.313 e. The smallest absolute Gasteiger partial charge is 0.299 e. The van der Waals surface area contributed by atoms with Crippen molar-refractivity contribution in [2.24, 2.45) is 0 Å². The molecular formula is C13H15ClN2O2. The van der Waals surface area contributed by atoms with Gasteiger partial charge in [-0.05, 0) is 12.1 Å². The fourth-order valence-electron chi connectivity index (χ4n) is 1.99. The van der Waals surface area contributed by atoms with Crippen molar-refractivity contribution in [3.63, 3.8) is 0 Å². The van der Waals surface area contributed by atoms with E-state index in [1.54, 1.807) is 18.2 Å². The Bertz CT molecular complexity index is 500. The molecule has 0 saturated heterocycles. The molecule has 4 nitrogen and oxygen atoms in total. The lowest BCUT2D eigenvalue weighted by Gasteiger charge is -2.17. The average molecular weight is 267 g/mol. The van der Waals surface area contributed by atoms with Gasteiger partial charge in [0.15, 0.2) is 0 Å². The molecule has 1 heterocycles. The highest BCUT2D eigenvalue weighted by Crippen LogP contribution is 2.33. The number of fused-ring (bicyclic) bond motifs is 1. The molecule has 1 aromatic rings. The molecule has 0 radical (unpaired) electrons. The first-order valence-corrected chi connectivity index (χ1v) is 6.28. The molecule has 1 N–H and O–H groups in total. The number of carbonyl (C=O) groups excluding carboxylic acids is 2. The van der Waals surface area contributed by atoms with E-state index in [2.05, 4.69) is 5.32 Å². The highest BCUT2D eigenvalue weighted by molar-refractivity contribution is 6.55. The van der Waals surface area contributed by atoms with Crippen molar-refractivity contribution in [1.82, 2.24) is 5.32 Å². The van der Waals surface area contributed by atoms with E-state index in [1.165, 1.54) is 4.90 Å². The van der Waals surface area contributed by atoms with Gasteiger partial charge >= 0.3 is 0 Å². The standard InChI is InChI=1S/C13H15ClN2O2/c1-8(2)15-6-7-16-10-5-3-4-9(14)11(10)12(17)13(16)18/h3-5,8,15H,6-7H2,1-2H3. The summed E-state index contributed by atoms with van der Waals surface area (Å²) in [6.07, 6.45) is 0. The quantitative estimate of drug-likeness (QED) is 0.847. The molecule has 1 aliphatic rings. The Morgan fingerprint density at radius 1 is 1.33 bits per heavy atom. The lowest BCUT2D eigenvalue weighted by molar-refractivity contribution is -0.114. The number of rotatable bonds is 4. The van der Waals surface area contributed by atoms with Gasteiger partial charge in [-0.1, -0.05) is 31.5 Å². The Labute approximate surface area is 111 Å². The molecule has 0 fully saturated rings. The number of nitrogens with zero attached hydrogens (tertiary/aromatic N) is 1. The van der Waals surface area contributed by atoms with Gasteiger partial charge in [0.25, 0.3) is 11.7 Å². The van der Waals surface area contributed by atoms with Crippen molar-refractivity contribution in [2.45, 2.75) is 19.9 Å². The Balaban J connectivity index is 2.21. The van der Waals surface area contributed by atoms with Crippen molar-refractivity contribution in [3.8, 4) is 0 Å². The molecule has 2 rings (SSSR count). The molecule has 96 valence electrons. The number of benzene rings is 1. The molecule has 0 bridgehead atoms. The van der Waals surface area contributed by atoms with Crippen LogP contribution in [0.2, 0.25) is 5.02 Å². The fourth-order valence-corrected chi connectivity index (χ4v) is 2.24. The Hall–Kier alpha value is -1.39. The van der Waals surface area contributed by atoms with Crippen LogP contribution >= 0.6 is 11.6 Å². The van der Waals surface area contributed by atoms with Gasteiger partial charge in [-0.2, -0.15) is 0 Å². The second-order valence-electron chi connectivity index (χ2n) is 4.53. The highest BCUT2D eigenvalue weighted by Gasteiger charge is 2.36. The van der Waals surface area contributed by atoms with Crippen LogP contribution in [0.15, 0.2) is 18.2 Å². The Morgan fingerprint density at radius 2 is 2.06 bits per heavy atom.